The van der Waals surface area contributed by atoms with Crippen molar-refractivity contribution in [2.45, 2.75) is 6.92 Å². The summed E-state index contributed by atoms with van der Waals surface area (Å²) >= 11 is 0. The summed E-state index contributed by atoms with van der Waals surface area (Å²) in [6.45, 7) is 2.02. The van der Waals surface area contributed by atoms with Crippen molar-refractivity contribution in [3.8, 4) is 11.8 Å². The van der Waals surface area contributed by atoms with E-state index in [0.717, 1.165) is 33.6 Å². The van der Waals surface area contributed by atoms with Gasteiger partial charge in [-0.1, -0.05) is 17.7 Å². The number of rotatable bonds is 3. The molecule has 3 rings (SSSR count). The van der Waals surface area contributed by atoms with Crippen LogP contribution < -0.4 is 10.1 Å². The maximum Gasteiger partial charge on any atom is 0.120 e. The quantitative estimate of drug-likeness (QED) is 0.786. The molecule has 2 aromatic carbocycles. The molecule has 22 heavy (non-hydrogen) atoms. The highest BCUT2D eigenvalue weighted by Gasteiger charge is 2.10. The van der Waals surface area contributed by atoms with Crippen LogP contribution >= 0.6 is 0 Å². The topological polar surface area (TPSA) is 57.9 Å². The number of hydrogen-bond acceptors (Lipinski definition) is 4. The molecule has 0 atom stereocenters. The number of benzene rings is 2. The second kappa shape index (κ2) is 5.74. The van der Waals surface area contributed by atoms with Gasteiger partial charge in [0.2, 0.25) is 0 Å². The van der Waals surface area contributed by atoms with E-state index in [1.165, 1.54) is 0 Å². The number of nitriles is 1. The summed E-state index contributed by atoms with van der Waals surface area (Å²) in [7, 11) is 1.63. The average Bonchev–Trinajstić information content (AvgIpc) is 2.55. The van der Waals surface area contributed by atoms with Gasteiger partial charge in [-0.25, -0.2) is 0 Å². The van der Waals surface area contributed by atoms with E-state index in [2.05, 4.69) is 16.4 Å². The number of nitrogens with zero attached hydrogens (tertiary/aromatic N) is 2. The maximum atomic E-state index is 9.37. The molecule has 0 saturated heterocycles. The normalized spacial score (nSPS) is 10.2. The first-order chi connectivity index (χ1) is 10.7. The summed E-state index contributed by atoms with van der Waals surface area (Å²) in [5, 5.41) is 13.6. The van der Waals surface area contributed by atoms with Crippen LogP contribution in [0.4, 0.5) is 11.4 Å². The van der Waals surface area contributed by atoms with Crippen LogP contribution in [0.2, 0.25) is 0 Å². The van der Waals surface area contributed by atoms with Crippen LogP contribution in [0.25, 0.3) is 10.9 Å². The molecule has 4 nitrogen and oxygen atoms in total. The lowest BCUT2D eigenvalue weighted by Crippen LogP contribution is -1.97. The number of anilines is 2. The minimum atomic E-state index is 0.515. The summed E-state index contributed by atoms with van der Waals surface area (Å²) in [6, 6.07) is 15.8. The minimum absolute atomic E-state index is 0.515. The molecule has 1 N–H and O–H groups in total. The summed E-state index contributed by atoms with van der Waals surface area (Å²) in [6.07, 6.45) is 1.60. The molecule has 108 valence electrons. The molecule has 0 aliphatic heterocycles. The Morgan fingerprint density at radius 1 is 1.18 bits per heavy atom. The molecule has 0 saturated carbocycles. The summed E-state index contributed by atoms with van der Waals surface area (Å²) in [5.74, 6) is 0.762. The third-order valence-electron chi connectivity index (χ3n) is 3.48. The van der Waals surface area contributed by atoms with E-state index < -0.39 is 0 Å². The average molecular weight is 289 g/mol. The van der Waals surface area contributed by atoms with E-state index in [1.54, 1.807) is 13.3 Å². The number of fused-ring (bicyclic) bond motifs is 1. The Bertz CT molecular complexity index is 881. The van der Waals surface area contributed by atoms with Crippen LogP contribution in [0, 0.1) is 18.3 Å². The Balaban J connectivity index is 2.15. The first kappa shape index (κ1) is 13.9. The van der Waals surface area contributed by atoms with Crippen molar-refractivity contribution in [1.82, 2.24) is 4.98 Å². The Hall–Kier alpha value is -3.06. The number of pyridine rings is 1. The molecule has 0 unspecified atom stereocenters. The van der Waals surface area contributed by atoms with Crippen molar-refractivity contribution >= 4 is 22.3 Å². The largest absolute Gasteiger partial charge is 0.497 e. The molecule has 3 aromatic rings. The SMILES string of the molecule is COc1cccc(Nc2c(C#N)cnc3ccc(C)cc23)c1. The van der Waals surface area contributed by atoms with Crippen molar-refractivity contribution in [3.63, 3.8) is 0 Å². The molecule has 0 bridgehead atoms. The van der Waals surface area contributed by atoms with Gasteiger partial charge in [0.15, 0.2) is 0 Å². The lowest BCUT2D eigenvalue weighted by molar-refractivity contribution is 0.415. The Morgan fingerprint density at radius 2 is 2.05 bits per heavy atom. The monoisotopic (exact) mass is 289 g/mol. The van der Waals surface area contributed by atoms with E-state index in [4.69, 9.17) is 4.74 Å². The first-order valence-electron chi connectivity index (χ1n) is 6.92. The molecule has 0 fully saturated rings. The molecule has 1 heterocycles. The smallest absolute Gasteiger partial charge is 0.120 e. The third kappa shape index (κ3) is 2.57. The van der Waals surface area contributed by atoms with Crippen LogP contribution in [-0.2, 0) is 0 Å². The van der Waals surface area contributed by atoms with Crippen LogP contribution in [0.5, 0.6) is 5.75 Å². The van der Waals surface area contributed by atoms with Gasteiger partial charge in [0.1, 0.15) is 11.8 Å². The highest BCUT2D eigenvalue weighted by atomic mass is 16.5. The highest BCUT2D eigenvalue weighted by Crippen LogP contribution is 2.30. The van der Waals surface area contributed by atoms with E-state index in [9.17, 15) is 5.26 Å². The van der Waals surface area contributed by atoms with Gasteiger partial charge < -0.3 is 10.1 Å². The fourth-order valence-electron chi connectivity index (χ4n) is 2.37. The molecule has 0 radical (unpaired) electrons. The van der Waals surface area contributed by atoms with Gasteiger partial charge in [0, 0.05) is 23.3 Å². The van der Waals surface area contributed by atoms with Gasteiger partial charge in [-0.3, -0.25) is 4.98 Å². The molecule has 0 aliphatic rings. The number of aryl methyl sites for hydroxylation is 1. The van der Waals surface area contributed by atoms with E-state index in [0.29, 0.717) is 5.56 Å². The second-order valence-corrected chi connectivity index (χ2v) is 5.04. The standard InChI is InChI=1S/C18H15N3O/c1-12-6-7-17-16(8-12)18(13(10-19)11-20-17)21-14-4-3-5-15(9-14)22-2/h3-9,11H,1-2H3,(H,20,21). The van der Waals surface area contributed by atoms with Crippen molar-refractivity contribution in [2.75, 3.05) is 12.4 Å². The number of aromatic nitrogens is 1. The zero-order chi connectivity index (χ0) is 15.5. The van der Waals surface area contributed by atoms with Crippen molar-refractivity contribution in [2.24, 2.45) is 0 Å². The van der Waals surface area contributed by atoms with Crippen LogP contribution in [0.15, 0.2) is 48.7 Å². The van der Waals surface area contributed by atoms with Crippen molar-refractivity contribution in [1.29, 1.82) is 5.26 Å². The maximum absolute atomic E-state index is 9.37. The molecular weight excluding hydrogens is 274 g/mol. The van der Waals surface area contributed by atoms with Crippen LogP contribution in [0.3, 0.4) is 0 Å². The van der Waals surface area contributed by atoms with Crippen LogP contribution in [-0.4, -0.2) is 12.1 Å². The number of nitrogens with one attached hydrogen (secondary N) is 1. The Labute approximate surface area is 129 Å². The molecule has 4 heteroatoms. The van der Waals surface area contributed by atoms with Crippen LogP contribution in [0.1, 0.15) is 11.1 Å². The molecule has 0 aliphatic carbocycles. The van der Waals surface area contributed by atoms with Gasteiger partial charge in [0.25, 0.3) is 0 Å². The predicted molar refractivity (Wildman–Crippen MR) is 87.5 cm³/mol. The van der Waals surface area contributed by atoms with Gasteiger partial charge in [0.05, 0.1) is 23.9 Å². The summed E-state index contributed by atoms with van der Waals surface area (Å²) < 4.78 is 5.24. The van der Waals surface area contributed by atoms with E-state index >= 15 is 0 Å². The summed E-state index contributed by atoms with van der Waals surface area (Å²) in [5.41, 5.74) is 4.13. The van der Waals surface area contributed by atoms with Gasteiger partial charge in [-0.2, -0.15) is 5.26 Å². The third-order valence-corrected chi connectivity index (χ3v) is 3.48. The van der Waals surface area contributed by atoms with Gasteiger partial charge in [-0.15, -0.1) is 0 Å². The Morgan fingerprint density at radius 3 is 2.82 bits per heavy atom. The fourth-order valence-corrected chi connectivity index (χ4v) is 2.37. The van der Waals surface area contributed by atoms with Gasteiger partial charge in [-0.05, 0) is 31.2 Å². The fraction of sp³-hybridized carbons (Fsp3) is 0.111. The summed E-state index contributed by atoms with van der Waals surface area (Å²) in [4.78, 5) is 4.34. The van der Waals surface area contributed by atoms with Gasteiger partial charge >= 0.3 is 0 Å². The molecular formula is C18H15N3O. The molecule has 1 aromatic heterocycles. The van der Waals surface area contributed by atoms with Crippen molar-refractivity contribution in [3.05, 3.63) is 59.8 Å². The van der Waals surface area contributed by atoms with E-state index in [1.807, 2.05) is 49.4 Å². The Kier molecular flexibility index (Phi) is 3.63. The zero-order valence-electron chi connectivity index (χ0n) is 12.4. The molecule has 0 spiro atoms. The lowest BCUT2D eigenvalue weighted by Gasteiger charge is -2.12. The highest BCUT2D eigenvalue weighted by molar-refractivity contribution is 5.96. The number of ether oxygens (including phenoxy) is 1. The predicted octanol–water partition coefficient (Wildman–Crippen LogP) is 4.17. The van der Waals surface area contributed by atoms with Crippen molar-refractivity contribution < 1.29 is 4.74 Å². The minimum Gasteiger partial charge on any atom is -0.497 e. The number of methoxy groups -OCH3 is 1. The van der Waals surface area contributed by atoms with E-state index in [-0.39, 0.29) is 0 Å². The first-order valence-corrected chi connectivity index (χ1v) is 6.92. The zero-order valence-corrected chi connectivity index (χ0v) is 12.4. The molecule has 0 amide bonds. The number of hydrogen-bond donors (Lipinski definition) is 1. The lowest BCUT2D eigenvalue weighted by atomic mass is 10.1. The second-order valence-electron chi connectivity index (χ2n) is 5.04.